The van der Waals surface area contributed by atoms with Crippen molar-refractivity contribution in [3.05, 3.63) is 23.4 Å². The minimum Gasteiger partial charge on any atom is -0.419 e. The zero-order valence-corrected chi connectivity index (χ0v) is 12.5. The predicted octanol–water partition coefficient (Wildman–Crippen LogP) is 2.37. The summed E-state index contributed by atoms with van der Waals surface area (Å²) in [5.74, 6) is 1.31. The summed E-state index contributed by atoms with van der Waals surface area (Å²) in [5, 5.41) is 13.8. The second kappa shape index (κ2) is 6.47. The van der Waals surface area contributed by atoms with Crippen LogP contribution in [0.2, 0.25) is 0 Å². The maximum atomic E-state index is 5.71. The first-order chi connectivity index (χ1) is 9.81. The van der Waals surface area contributed by atoms with Gasteiger partial charge in [-0.2, -0.15) is 0 Å². The van der Waals surface area contributed by atoms with Crippen LogP contribution in [0.25, 0.3) is 10.8 Å². The third-order valence-electron chi connectivity index (χ3n) is 3.55. The van der Waals surface area contributed by atoms with E-state index in [0.29, 0.717) is 24.4 Å². The minimum absolute atomic E-state index is 0.591. The second-order valence-corrected chi connectivity index (χ2v) is 6.27. The van der Waals surface area contributed by atoms with Gasteiger partial charge in [-0.25, -0.2) is 0 Å². The van der Waals surface area contributed by atoms with Gasteiger partial charge >= 0.3 is 0 Å². The van der Waals surface area contributed by atoms with Gasteiger partial charge < -0.3 is 9.73 Å². The summed E-state index contributed by atoms with van der Waals surface area (Å²) in [6, 6.07) is 4.58. The molecule has 0 amide bonds. The molecule has 2 aromatic heterocycles. The Morgan fingerprint density at radius 1 is 1.45 bits per heavy atom. The van der Waals surface area contributed by atoms with Gasteiger partial charge in [0.25, 0.3) is 5.89 Å². The number of aromatic nitrogens is 2. The highest BCUT2D eigenvalue weighted by molar-refractivity contribution is 7.13. The highest BCUT2D eigenvalue weighted by atomic mass is 32.1. The molecule has 1 N–H and O–H groups in total. The average Bonchev–Trinajstić information content (AvgIpc) is 3.10. The van der Waals surface area contributed by atoms with E-state index in [4.69, 9.17) is 4.42 Å². The van der Waals surface area contributed by atoms with Gasteiger partial charge in [-0.15, -0.1) is 21.5 Å². The number of piperidine rings is 1. The van der Waals surface area contributed by atoms with Gasteiger partial charge in [0.15, 0.2) is 0 Å². The molecule has 5 nitrogen and oxygen atoms in total. The molecule has 0 bridgehead atoms. The molecule has 0 saturated carbocycles. The molecule has 0 aromatic carbocycles. The van der Waals surface area contributed by atoms with Crippen LogP contribution in [-0.2, 0) is 6.54 Å². The Labute approximate surface area is 123 Å². The molecule has 1 saturated heterocycles. The van der Waals surface area contributed by atoms with Gasteiger partial charge in [0.1, 0.15) is 0 Å². The Morgan fingerprint density at radius 2 is 2.40 bits per heavy atom. The standard InChI is InChI=1S/C14H20N4OS/c1-18(9-11-5-2-3-7-15-11)10-13-16-17-14(19-13)12-6-4-8-20-12/h4,6,8,11,15H,2-3,5,7,9-10H2,1H3. The van der Waals surface area contributed by atoms with Crippen LogP contribution >= 0.6 is 11.3 Å². The molecule has 20 heavy (non-hydrogen) atoms. The van der Waals surface area contributed by atoms with Gasteiger partial charge in [-0.05, 0) is 37.9 Å². The van der Waals surface area contributed by atoms with Gasteiger partial charge in [-0.3, -0.25) is 4.90 Å². The van der Waals surface area contributed by atoms with E-state index in [-0.39, 0.29) is 0 Å². The summed E-state index contributed by atoms with van der Waals surface area (Å²) in [4.78, 5) is 3.27. The average molecular weight is 292 g/mol. The molecule has 1 unspecified atom stereocenters. The van der Waals surface area contributed by atoms with E-state index in [2.05, 4.69) is 27.5 Å². The number of rotatable bonds is 5. The molecule has 3 rings (SSSR count). The van der Waals surface area contributed by atoms with Crippen molar-refractivity contribution in [3.8, 4) is 10.8 Å². The summed E-state index contributed by atoms with van der Waals surface area (Å²) >= 11 is 1.62. The van der Waals surface area contributed by atoms with E-state index in [1.807, 2.05) is 17.5 Å². The maximum absolute atomic E-state index is 5.71. The van der Waals surface area contributed by atoms with Crippen LogP contribution in [0.15, 0.2) is 21.9 Å². The first-order valence-corrected chi connectivity index (χ1v) is 7.97. The molecule has 0 radical (unpaired) electrons. The molecule has 108 valence electrons. The molecule has 3 heterocycles. The Bertz CT molecular complexity index is 519. The first-order valence-electron chi connectivity index (χ1n) is 7.09. The Balaban J connectivity index is 1.54. The lowest BCUT2D eigenvalue weighted by atomic mass is 10.0. The van der Waals surface area contributed by atoms with E-state index >= 15 is 0 Å². The van der Waals surface area contributed by atoms with Gasteiger partial charge in [0.05, 0.1) is 11.4 Å². The molecule has 6 heteroatoms. The number of likely N-dealkylation sites (N-methyl/N-ethyl adjacent to an activating group) is 1. The highest BCUT2D eigenvalue weighted by Crippen LogP contribution is 2.23. The summed E-state index contributed by atoms with van der Waals surface area (Å²) in [7, 11) is 2.10. The van der Waals surface area contributed by atoms with E-state index in [1.165, 1.54) is 19.3 Å². The molecular formula is C14H20N4OS. The lowest BCUT2D eigenvalue weighted by molar-refractivity contribution is 0.238. The van der Waals surface area contributed by atoms with Crippen molar-refractivity contribution >= 4 is 11.3 Å². The topological polar surface area (TPSA) is 54.2 Å². The zero-order valence-electron chi connectivity index (χ0n) is 11.7. The summed E-state index contributed by atoms with van der Waals surface area (Å²) in [6.07, 6.45) is 3.89. The first kappa shape index (κ1) is 13.7. The molecule has 1 aliphatic heterocycles. The van der Waals surface area contributed by atoms with Gasteiger partial charge in [0, 0.05) is 12.6 Å². The number of hydrogen-bond donors (Lipinski definition) is 1. The van der Waals surface area contributed by atoms with E-state index in [0.717, 1.165) is 18.0 Å². The maximum Gasteiger partial charge on any atom is 0.257 e. The van der Waals surface area contributed by atoms with Crippen molar-refractivity contribution < 1.29 is 4.42 Å². The van der Waals surface area contributed by atoms with Crippen LogP contribution in [0.1, 0.15) is 25.2 Å². The Kier molecular flexibility index (Phi) is 4.44. The normalized spacial score (nSPS) is 19.6. The zero-order chi connectivity index (χ0) is 13.8. The van der Waals surface area contributed by atoms with Gasteiger partial charge in [-0.1, -0.05) is 12.5 Å². The molecule has 2 aromatic rings. The Morgan fingerprint density at radius 3 is 3.15 bits per heavy atom. The predicted molar refractivity (Wildman–Crippen MR) is 79.6 cm³/mol. The number of thiophene rings is 1. The van der Waals surface area contributed by atoms with Gasteiger partial charge in [0.2, 0.25) is 5.89 Å². The lowest BCUT2D eigenvalue weighted by Crippen LogP contribution is -2.42. The van der Waals surface area contributed by atoms with Crippen LogP contribution in [0.5, 0.6) is 0 Å². The van der Waals surface area contributed by atoms with Crippen molar-refractivity contribution in [2.75, 3.05) is 20.1 Å². The van der Waals surface area contributed by atoms with Crippen LogP contribution in [0.4, 0.5) is 0 Å². The van der Waals surface area contributed by atoms with Crippen LogP contribution in [0.3, 0.4) is 0 Å². The number of nitrogens with zero attached hydrogens (tertiary/aromatic N) is 3. The quantitative estimate of drug-likeness (QED) is 0.917. The SMILES string of the molecule is CN(Cc1nnc(-c2cccs2)o1)CC1CCCCN1. The second-order valence-electron chi connectivity index (χ2n) is 5.32. The van der Waals surface area contributed by atoms with Crippen molar-refractivity contribution in [3.63, 3.8) is 0 Å². The van der Waals surface area contributed by atoms with E-state index in [9.17, 15) is 0 Å². The third-order valence-corrected chi connectivity index (χ3v) is 4.41. The van der Waals surface area contributed by atoms with E-state index < -0.39 is 0 Å². The molecule has 0 aliphatic carbocycles. The Hall–Kier alpha value is -1.24. The largest absolute Gasteiger partial charge is 0.419 e. The monoisotopic (exact) mass is 292 g/mol. The van der Waals surface area contributed by atoms with E-state index in [1.54, 1.807) is 11.3 Å². The van der Waals surface area contributed by atoms with Crippen LogP contribution < -0.4 is 5.32 Å². The number of nitrogens with one attached hydrogen (secondary N) is 1. The fourth-order valence-corrected chi connectivity index (χ4v) is 3.21. The molecule has 1 aliphatic rings. The number of hydrogen-bond acceptors (Lipinski definition) is 6. The van der Waals surface area contributed by atoms with Crippen LogP contribution in [-0.4, -0.2) is 41.3 Å². The lowest BCUT2D eigenvalue weighted by Gasteiger charge is -2.27. The molecule has 0 spiro atoms. The third kappa shape index (κ3) is 3.45. The summed E-state index contributed by atoms with van der Waals surface area (Å²) in [6.45, 7) is 2.87. The highest BCUT2D eigenvalue weighted by Gasteiger charge is 2.16. The molecule has 1 fully saturated rings. The van der Waals surface area contributed by atoms with Crippen molar-refractivity contribution in [1.29, 1.82) is 0 Å². The van der Waals surface area contributed by atoms with Crippen LogP contribution in [0, 0.1) is 0 Å². The minimum atomic E-state index is 0.591. The summed E-state index contributed by atoms with van der Waals surface area (Å²) in [5.41, 5.74) is 0. The van der Waals surface area contributed by atoms with Crippen molar-refractivity contribution in [1.82, 2.24) is 20.4 Å². The van der Waals surface area contributed by atoms with Crippen molar-refractivity contribution in [2.24, 2.45) is 0 Å². The summed E-state index contributed by atoms with van der Waals surface area (Å²) < 4.78 is 5.71. The van der Waals surface area contributed by atoms with Crippen molar-refractivity contribution in [2.45, 2.75) is 31.8 Å². The fraction of sp³-hybridized carbons (Fsp3) is 0.571. The molecular weight excluding hydrogens is 272 g/mol. The molecule has 1 atom stereocenters. The smallest absolute Gasteiger partial charge is 0.257 e. The fourth-order valence-electron chi connectivity index (χ4n) is 2.57.